The van der Waals surface area contributed by atoms with Crippen molar-refractivity contribution in [1.29, 1.82) is 0 Å². The summed E-state index contributed by atoms with van der Waals surface area (Å²) >= 11 is 0. The van der Waals surface area contributed by atoms with Crippen LogP contribution in [0.1, 0.15) is 17.3 Å². The maximum atomic E-state index is 11.6. The molecule has 0 fully saturated rings. The van der Waals surface area contributed by atoms with Crippen LogP contribution >= 0.6 is 0 Å². The number of benzene rings is 1. The van der Waals surface area contributed by atoms with E-state index in [1.807, 2.05) is 0 Å². The van der Waals surface area contributed by atoms with Gasteiger partial charge in [-0.2, -0.15) is 0 Å². The summed E-state index contributed by atoms with van der Waals surface area (Å²) in [7, 11) is 4.73. The number of ether oxygens (including phenoxy) is 2. The molecule has 0 aliphatic carbocycles. The summed E-state index contributed by atoms with van der Waals surface area (Å²) in [6.07, 6.45) is 0. The number of methoxy groups -OCH3 is 1. The molecular weight excluding hydrogens is 248 g/mol. The van der Waals surface area contributed by atoms with Gasteiger partial charge in [-0.05, 0) is 25.1 Å². The van der Waals surface area contributed by atoms with Crippen molar-refractivity contribution < 1.29 is 19.1 Å². The smallest absolute Gasteiger partial charge is 0.338 e. The molecule has 0 unspecified atom stereocenters. The van der Waals surface area contributed by atoms with E-state index in [-0.39, 0.29) is 6.03 Å². The fraction of sp³-hybridized carbons (Fsp3) is 0.385. The summed E-state index contributed by atoms with van der Waals surface area (Å²) in [6, 6.07) is 4.41. The van der Waals surface area contributed by atoms with E-state index in [0.717, 1.165) is 0 Å². The Morgan fingerprint density at radius 3 is 2.53 bits per heavy atom. The number of nitrogens with zero attached hydrogens (tertiary/aromatic N) is 1. The van der Waals surface area contributed by atoms with Gasteiger partial charge in [0.1, 0.15) is 5.75 Å². The van der Waals surface area contributed by atoms with Gasteiger partial charge in [0.25, 0.3) is 0 Å². The van der Waals surface area contributed by atoms with Crippen molar-refractivity contribution in [2.45, 2.75) is 6.92 Å². The molecule has 6 heteroatoms. The van der Waals surface area contributed by atoms with Crippen LogP contribution in [0.3, 0.4) is 0 Å². The van der Waals surface area contributed by atoms with E-state index < -0.39 is 5.97 Å². The molecule has 1 aromatic rings. The molecule has 104 valence electrons. The maximum Gasteiger partial charge on any atom is 0.338 e. The number of hydrogen-bond donors (Lipinski definition) is 1. The largest absolute Gasteiger partial charge is 0.495 e. The van der Waals surface area contributed by atoms with Crippen LogP contribution < -0.4 is 10.1 Å². The fourth-order valence-corrected chi connectivity index (χ4v) is 1.37. The second-order valence-corrected chi connectivity index (χ2v) is 3.96. The normalized spacial score (nSPS) is 9.68. The molecule has 0 aliphatic rings. The topological polar surface area (TPSA) is 67.9 Å². The van der Waals surface area contributed by atoms with Crippen molar-refractivity contribution in [3.8, 4) is 5.75 Å². The third-order valence-electron chi connectivity index (χ3n) is 2.36. The fourth-order valence-electron chi connectivity index (χ4n) is 1.37. The van der Waals surface area contributed by atoms with Crippen LogP contribution in [0.15, 0.2) is 18.2 Å². The minimum absolute atomic E-state index is 0.296. The third-order valence-corrected chi connectivity index (χ3v) is 2.36. The third kappa shape index (κ3) is 3.87. The molecule has 1 rings (SSSR count). The number of carbonyl (C=O) groups is 2. The second kappa shape index (κ2) is 6.63. The molecule has 0 radical (unpaired) electrons. The van der Waals surface area contributed by atoms with E-state index in [0.29, 0.717) is 23.6 Å². The molecule has 0 saturated heterocycles. The molecule has 0 aromatic heterocycles. The van der Waals surface area contributed by atoms with E-state index in [4.69, 9.17) is 9.47 Å². The maximum absolute atomic E-state index is 11.6. The SMILES string of the molecule is CCOC(=O)c1ccc(OC)c(NC(=O)N(C)C)c1. The number of urea groups is 1. The summed E-state index contributed by atoms with van der Waals surface area (Å²) in [6.45, 7) is 2.03. The van der Waals surface area contributed by atoms with Gasteiger partial charge in [0.15, 0.2) is 0 Å². The average Bonchev–Trinajstić information content (AvgIpc) is 2.38. The van der Waals surface area contributed by atoms with Crippen LogP contribution in [0.4, 0.5) is 10.5 Å². The highest BCUT2D eigenvalue weighted by atomic mass is 16.5. The predicted octanol–water partition coefficient (Wildman–Crippen LogP) is 1.97. The molecule has 1 aromatic carbocycles. The lowest BCUT2D eigenvalue weighted by Gasteiger charge is -2.15. The lowest BCUT2D eigenvalue weighted by atomic mass is 10.2. The molecule has 0 aliphatic heterocycles. The minimum atomic E-state index is -0.439. The number of nitrogens with one attached hydrogen (secondary N) is 1. The van der Waals surface area contributed by atoms with E-state index in [9.17, 15) is 9.59 Å². The Balaban J connectivity index is 3.02. The summed E-state index contributed by atoms with van der Waals surface area (Å²) in [5.74, 6) is 0.0359. The van der Waals surface area contributed by atoms with Crippen LogP contribution in [0.2, 0.25) is 0 Å². The number of rotatable bonds is 4. The minimum Gasteiger partial charge on any atom is -0.495 e. The zero-order valence-corrected chi connectivity index (χ0v) is 11.5. The Labute approximate surface area is 112 Å². The molecule has 0 heterocycles. The Kier molecular flexibility index (Phi) is 5.17. The van der Waals surface area contributed by atoms with Gasteiger partial charge in [-0.3, -0.25) is 0 Å². The van der Waals surface area contributed by atoms with Gasteiger partial charge < -0.3 is 19.7 Å². The molecule has 0 bridgehead atoms. The number of amides is 2. The van der Waals surface area contributed by atoms with Crippen molar-refractivity contribution in [3.63, 3.8) is 0 Å². The van der Waals surface area contributed by atoms with Crippen LogP contribution in [-0.4, -0.2) is 44.7 Å². The summed E-state index contributed by atoms with van der Waals surface area (Å²) in [5, 5.41) is 2.65. The molecule has 0 saturated carbocycles. The highest BCUT2D eigenvalue weighted by Crippen LogP contribution is 2.26. The predicted molar refractivity (Wildman–Crippen MR) is 71.7 cm³/mol. The van der Waals surface area contributed by atoms with Gasteiger partial charge in [0.05, 0.1) is 25.0 Å². The lowest BCUT2D eigenvalue weighted by Crippen LogP contribution is -2.27. The van der Waals surface area contributed by atoms with Gasteiger partial charge in [0, 0.05) is 14.1 Å². The van der Waals surface area contributed by atoms with Gasteiger partial charge in [-0.15, -0.1) is 0 Å². The van der Waals surface area contributed by atoms with E-state index >= 15 is 0 Å². The summed E-state index contributed by atoms with van der Waals surface area (Å²) < 4.78 is 10.0. The first kappa shape index (κ1) is 14.8. The second-order valence-electron chi connectivity index (χ2n) is 3.96. The monoisotopic (exact) mass is 266 g/mol. The van der Waals surface area contributed by atoms with Gasteiger partial charge in [-0.25, -0.2) is 9.59 Å². The first-order valence-corrected chi connectivity index (χ1v) is 5.83. The quantitative estimate of drug-likeness (QED) is 0.846. The van der Waals surface area contributed by atoms with E-state index in [1.54, 1.807) is 33.2 Å². The zero-order valence-electron chi connectivity index (χ0n) is 11.5. The standard InChI is InChI=1S/C13H18N2O4/c1-5-19-12(16)9-6-7-11(18-4)10(8-9)14-13(17)15(2)3/h6-8H,5H2,1-4H3,(H,14,17). The highest BCUT2D eigenvalue weighted by molar-refractivity contribution is 5.95. The Morgan fingerprint density at radius 1 is 1.32 bits per heavy atom. The van der Waals surface area contributed by atoms with Crippen molar-refractivity contribution in [1.82, 2.24) is 4.90 Å². The van der Waals surface area contributed by atoms with Gasteiger partial charge in [0.2, 0.25) is 0 Å². The number of esters is 1. The zero-order chi connectivity index (χ0) is 14.4. The average molecular weight is 266 g/mol. The first-order chi connectivity index (χ1) is 8.99. The Hall–Kier alpha value is -2.24. The first-order valence-electron chi connectivity index (χ1n) is 5.83. The molecule has 1 N–H and O–H groups in total. The van der Waals surface area contributed by atoms with Crippen LogP contribution in [0.5, 0.6) is 5.75 Å². The lowest BCUT2D eigenvalue weighted by molar-refractivity contribution is 0.0526. The van der Waals surface area contributed by atoms with E-state index in [2.05, 4.69) is 5.32 Å². The molecule has 19 heavy (non-hydrogen) atoms. The number of hydrogen-bond acceptors (Lipinski definition) is 4. The number of carbonyl (C=O) groups excluding carboxylic acids is 2. The van der Waals surface area contributed by atoms with Crippen LogP contribution in [0, 0.1) is 0 Å². The molecule has 2 amide bonds. The molecule has 0 spiro atoms. The van der Waals surface area contributed by atoms with Crippen LogP contribution in [0.25, 0.3) is 0 Å². The van der Waals surface area contributed by atoms with Crippen molar-refractivity contribution in [3.05, 3.63) is 23.8 Å². The van der Waals surface area contributed by atoms with Gasteiger partial charge >= 0.3 is 12.0 Å². The summed E-state index contributed by atoms with van der Waals surface area (Å²) in [4.78, 5) is 24.6. The van der Waals surface area contributed by atoms with Crippen molar-refractivity contribution >= 4 is 17.7 Å². The van der Waals surface area contributed by atoms with Crippen LogP contribution in [-0.2, 0) is 4.74 Å². The van der Waals surface area contributed by atoms with E-state index in [1.165, 1.54) is 18.1 Å². The molecule has 6 nitrogen and oxygen atoms in total. The highest BCUT2D eigenvalue weighted by Gasteiger charge is 2.13. The van der Waals surface area contributed by atoms with Crippen molar-refractivity contribution in [2.24, 2.45) is 0 Å². The Bertz CT molecular complexity index is 472. The summed E-state index contributed by atoms with van der Waals surface area (Å²) in [5.41, 5.74) is 0.781. The molecular formula is C13H18N2O4. The van der Waals surface area contributed by atoms with Crippen molar-refractivity contribution in [2.75, 3.05) is 33.1 Å². The molecule has 0 atom stereocenters. The Morgan fingerprint density at radius 2 is 2.00 bits per heavy atom. The van der Waals surface area contributed by atoms with Gasteiger partial charge in [-0.1, -0.05) is 0 Å². The number of anilines is 1.